The summed E-state index contributed by atoms with van der Waals surface area (Å²) in [6, 6.07) is 0. The van der Waals surface area contributed by atoms with E-state index in [1.165, 1.54) is 18.2 Å². The largest absolute Gasteiger partial charge is 0.462 e. The van der Waals surface area contributed by atoms with Gasteiger partial charge < -0.3 is 39.0 Å². The van der Waals surface area contributed by atoms with Gasteiger partial charge in [0.15, 0.2) is 0 Å². The van der Waals surface area contributed by atoms with Crippen LogP contribution < -0.4 is 0 Å². The van der Waals surface area contributed by atoms with Gasteiger partial charge in [-0.1, -0.05) is 31.2 Å². The van der Waals surface area contributed by atoms with E-state index in [2.05, 4.69) is 0 Å². The molecule has 3 aliphatic heterocycles. The van der Waals surface area contributed by atoms with Crippen molar-refractivity contribution in [1.29, 1.82) is 0 Å². The Hall–Kier alpha value is -2.34. The highest BCUT2D eigenvalue weighted by Gasteiger charge is 2.83. The Morgan fingerprint density at radius 2 is 1.92 bits per heavy atom. The number of epoxide rings is 1. The Kier molecular flexibility index (Phi) is 7.64. The zero-order valence-corrected chi connectivity index (χ0v) is 22.6. The van der Waals surface area contributed by atoms with Crippen molar-refractivity contribution in [2.75, 3.05) is 26.4 Å². The van der Waals surface area contributed by atoms with Crippen molar-refractivity contribution in [3.63, 3.8) is 0 Å². The highest BCUT2D eigenvalue weighted by molar-refractivity contribution is 5.83. The Bertz CT molecular complexity index is 1100. The van der Waals surface area contributed by atoms with E-state index in [-0.39, 0.29) is 25.9 Å². The molecular formula is C29H38O10. The minimum absolute atomic E-state index is 0.0207. The molecule has 2 saturated heterocycles. The number of hydrogen-bond donors (Lipinski definition) is 3. The molecule has 0 aromatic carbocycles. The number of aliphatic hydroxyl groups excluding tert-OH is 3. The number of ether oxygens (including phenoxy) is 5. The van der Waals surface area contributed by atoms with Crippen LogP contribution in [-0.4, -0.2) is 95.9 Å². The van der Waals surface area contributed by atoms with Crippen LogP contribution in [0.3, 0.4) is 0 Å². The van der Waals surface area contributed by atoms with Gasteiger partial charge in [-0.15, -0.1) is 0 Å². The van der Waals surface area contributed by atoms with E-state index in [0.29, 0.717) is 31.4 Å². The van der Waals surface area contributed by atoms with Gasteiger partial charge >= 0.3 is 11.9 Å². The van der Waals surface area contributed by atoms with Crippen molar-refractivity contribution in [1.82, 2.24) is 0 Å². The van der Waals surface area contributed by atoms with E-state index in [4.69, 9.17) is 23.7 Å². The molecule has 5 rings (SSSR count). The lowest BCUT2D eigenvalue weighted by Crippen LogP contribution is -2.66. The minimum Gasteiger partial charge on any atom is -0.462 e. The molecule has 2 spiro atoms. The molecule has 0 unspecified atom stereocenters. The van der Waals surface area contributed by atoms with Gasteiger partial charge in [0.25, 0.3) is 0 Å². The van der Waals surface area contributed by atoms with Crippen molar-refractivity contribution in [3.05, 3.63) is 47.6 Å². The molecule has 39 heavy (non-hydrogen) atoms. The standard InChI is InChI=1S/C29H38O10/c1-17-10-26(34)36-15-28-9-8-19(13-30)11-23(28)38-24-12-22(27(28,3)29(24)16-37-29)39-25(33)7-5-4-6-21(18(2)31)35-14-20(17)32/h4-7,10-11,18,20-24,30-32H,8-9,12-16H2,1-3H3/b6-4+,7-5+,17-10+/t18-,20+,21+,22-,23-,24-,27-,28-,29+/m0/s1. The van der Waals surface area contributed by atoms with E-state index in [0.717, 1.165) is 5.57 Å². The molecule has 10 heteroatoms. The van der Waals surface area contributed by atoms with Crippen molar-refractivity contribution in [2.24, 2.45) is 10.8 Å². The van der Waals surface area contributed by atoms with Crippen LogP contribution in [0.25, 0.3) is 0 Å². The fourth-order valence-corrected chi connectivity index (χ4v) is 6.89. The summed E-state index contributed by atoms with van der Waals surface area (Å²) >= 11 is 0. The summed E-state index contributed by atoms with van der Waals surface area (Å²) in [4.78, 5) is 25.9. The van der Waals surface area contributed by atoms with Gasteiger partial charge in [-0.3, -0.25) is 0 Å². The summed E-state index contributed by atoms with van der Waals surface area (Å²) in [7, 11) is 0. The number of hydrogen-bond acceptors (Lipinski definition) is 10. The lowest BCUT2D eigenvalue weighted by molar-refractivity contribution is -0.232. The fraction of sp³-hybridized carbons (Fsp3) is 0.655. The van der Waals surface area contributed by atoms with Crippen molar-refractivity contribution in [2.45, 2.75) is 82.3 Å². The van der Waals surface area contributed by atoms with E-state index in [9.17, 15) is 24.9 Å². The Labute approximate surface area is 227 Å². The zero-order chi connectivity index (χ0) is 28.0. The molecule has 3 N–H and O–H groups in total. The molecule has 0 amide bonds. The maximum atomic E-state index is 13.0. The topological polar surface area (TPSA) is 144 Å². The molecule has 2 bridgehead atoms. The molecule has 10 nitrogen and oxygen atoms in total. The molecule has 5 aliphatic rings. The highest BCUT2D eigenvalue weighted by Crippen LogP contribution is 2.72. The first-order valence-corrected chi connectivity index (χ1v) is 13.5. The van der Waals surface area contributed by atoms with Gasteiger partial charge in [0.2, 0.25) is 0 Å². The van der Waals surface area contributed by atoms with Gasteiger partial charge in [0, 0.05) is 24.0 Å². The third-order valence-corrected chi connectivity index (χ3v) is 9.47. The molecule has 3 fully saturated rings. The number of cyclic esters (lactones) is 1. The molecular weight excluding hydrogens is 508 g/mol. The lowest BCUT2D eigenvalue weighted by atomic mass is 9.51. The molecule has 214 valence electrons. The first-order chi connectivity index (χ1) is 18.6. The summed E-state index contributed by atoms with van der Waals surface area (Å²) in [5.41, 5.74) is -0.974. The van der Waals surface area contributed by atoms with Crippen molar-refractivity contribution >= 4 is 11.9 Å². The van der Waals surface area contributed by atoms with Gasteiger partial charge in [-0.2, -0.15) is 0 Å². The van der Waals surface area contributed by atoms with Crippen LogP contribution in [0.5, 0.6) is 0 Å². The number of allylic oxidation sites excluding steroid dienone is 2. The van der Waals surface area contributed by atoms with Crippen LogP contribution in [-0.2, 0) is 33.3 Å². The second kappa shape index (κ2) is 10.6. The summed E-state index contributed by atoms with van der Waals surface area (Å²) in [5.74, 6) is -1.17. The fourth-order valence-electron chi connectivity index (χ4n) is 6.89. The maximum absolute atomic E-state index is 13.0. The highest BCUT2D eigenvalue weighted by atomic mass is 16.6. The summed E-state index contributed by atoms with van der Waals surface area (Å²) in [5, 5.41) is 30.4. The van der Waals surface area contributed by atoms with Gasteiger partial charge in [0.05, 0.1) is 49.7 Å². The van der Waals surface area contributed by atoms with Crippen LogP contribution in [0.15, 0.2) is 47.6 Å². The van der Waals surface area contributed by atoms with Crippen molar-refractivity contribution < 1.29 is 48.6 Å². The lowest BCUT2D eigenvalue weighted by Gasteiger charge is -2.58. The third kappa shape index (κ3) is 4.71. The second-order valence-corrected chi connectivity index (χ2v) is 11.5. The molecule has 9 atom stereocenters. The van der Waals surface area contributed by atoms with Crippen molar-refractivity contribution in [3.8, 4) is 0 Å². The molecule has 2 aliphatic carbocycles. The number of rotatable bonds is 2. The Morgan fingerprint density at radius 3 is 2.62 bits per heavy atom. The smallest absolute Gasteiger partial charge is 0.331 e. The third-order valence-electron chi connectivity index (χ3n) is 9.47. The first-order valence-electron chi connectivity index (χ1n) is 13.5. The first kappa shape index (κ1) is 28.2. The van der Waals surface area contributed by atoms with E-state index in [1.807, 2.05) is 13.0 Å². The van der Waals surface area contributed by atoms with Crippen LogP contribution in [0.1, 0.15) is 40.0 Å². The van der Waals surface area contributed by atoms with Gasteiger partial charge in [-0.05, 0) is 37.8 Å². The average Bonchev–Trinajstić information content (AvgIpc) is 3.68. The quantitative estimate of drug-likeness (QED) is 0.263. The number of aliphatic hydroxyl groups is 3. The minimum atomic E-state index is -1.09. The van der Waals surface area contributed by atoms with Crippen LogP contribution in [0.2, 0.25) is 0 Å². The van der Waals surface area contributed by atoms with Crippen LogP contribution >= 0.6 is 0 Å². The van der Waals surface area contributed by atoms with Crippen LogP contribution in [0, 0.1) is 10.8 Å². The number of esters is 2. The predicted molar refractivity (Wildman–Crippen MR) is 137 cm³/mol. The SMILES string of the molecule is C/C1=C\C(=O)OC[C@@]23CCC(CO)=C[C@@H]2O[C@H]2C[C@H](OC(=O)/C=C/C=C/[C@H]([C@H](C)O)OC[C@H]1O)[C@]3(C)[C@@]21CO1. The summed E-state index contributed by atoms with van der Waals surface area (Å²) in [6.45, 7) is 5.38. The maximum Gasteiger partial charge on any atom is 0.331 e. The van der Waals surface area contributed by atoms with E-state index >= 15 is 0 Å². The molecule has 1 saturated carbocycles. The molecule has 0 radical (unpaired) electrons. The molecule has 0 aromatic heterocycles. The molecule has 3 heterocycles. The summed E-state index contributed by atoms with van der Waals surface area (Å²) < 4.78 is 30.2. The van der Waals surface area contributed by atoms with Gasteiger partial charge in [-0.25, -0.2) is 9.59 Å². The zero-order valence-electron chi connectivity index (χ0n) is 22.6. The van der Waals surface area contributed by atoms with Gasteiger partial charge in [0.1, 0.15) is 24.4 Å². The predicted octanol–water partition coefficient (Wildman–Crippen LogP) is 1.29. The average molecular weight is 547 g/mol. The van der Waals surface area contributed by atoms with E-state index in [1.54, 1.807) is 26.0 Å². The normalized spacial score (nSPS) is 46.4. The van der Waals surface area contributed by atoms with Crippen LogP contribution in [0.4, 0.5) is 0 Å². The number of carbonyl (C=O) groups excluding carboxylic acids is 2. The Balaban J connectivity index is 1.53. The monoisotopic (exact) mass is 546 g/mol. The number of carbonyl (C=O) groups is 2. The second-order valence-electron chi connectivity index (χ2n) is 11.5. The molecule has 0 aromatic rings. The Morgan fingerprint density at radius 1 is 1.15 bits per heavy atom. The van der Waals surface area contributed by atoms with E-state index < -0.39 is 58.9 Å². The summed E-state index contributed by atoms with van der Waals surface area (Å²) in [6.07, 6.45) is 6.63.